The number of rotatable bonds is 7. The molecule has 0 atom stereocenters. The zero-order valence-corrected chi connectivity index (χ0v) is 13.6. The summed E-state index contributed by atoms with van der Waals surface area (Å²) in [7, 11) is 1.28. The van der Waals surface area contributed by atoms with Gasteiger partial charge in [-0.15, -0.1) is 11.3 Å². The van der Waals surface area contributed by atoms with E-state index in [9.17, 15) is 14.7 Å². The summed E-state index contributed by atoms with van der Waals surface area (Å²) in [5.74, 6) is -1.23. The third-order valence-corrected chi connectivity index (χ3v) is 3.47. The molecule has 1 heterocycles. The topological polar surface area (TPSA) is 85.2 Å². The van der Waals surface area contributed by atoms with Crippen LogP contribution in [-0.4, -0.2) is 37.0 Å². The van der Waals surface area contributed by atoms with Gasteiger partial charge in [0.2, 0.25) is 0 Å². The number of allylic oxidation sites excluding steroid dienone is 1. The Morgan fingerprint density at radius 3 is 2.73 bits per heavy atom. The van der Waals surface area contributed by atoms with Gasteiger partial charge in [-0.1, -0.05) is 6.92 Å². The molecule has 0 aliphatic rings. The van der Waals surface area contributed by atoms with Crippen molar-refractivity contribution in [3.8, 4) is 0 Å². The predicted molar refractivity (Wildman–Crippen MR) is 85.0 cm³/mol. The van der Waals surface area contributed by atoms with Gasteiger partial charge in [-0.05, 0) is 24.8 Å². The highest BCUT2D eigenvalue weighted by atomic mass is 32.1. The van der Waals surface area contributed by atoms with Gasteiger partial charge in [-0.2, -0.15) is 0 Å². The molecule has 0 radical (unpaired) electrons. The number of aliphatic hydroxyl groups excluding tert-OH is 1. The van der Waals surface area contributed by atoms with Gasteiger partial charge >= 0.3 is 11.9 Å². The van der Waals surface area contributed by atoms with Crippen molar-refractivity contribution in [2.24, 2.45) is 4.99 Å². The normalized spacial score (nSPS) is 12.1. The van der Waals surface area contributed by atoms with E-state index in [0.29, 0.717) is 23.4 Å². The summed E-state index contributed by atoms with van der Waals surface area (Å²) in [5.41, 5.74) is 0.301. The van der Waals surface area contributed by atoms with Crippen molar-refractivity contribution in [3.63, 3.8) is 0 Å². The monoisotopic (exact) mass is 325 g/mol. The van der Waals surface area contributed by atoms with Crippen molar-refractivity contribution >= 4 is 34.5 Å². The molecule has 0 spiro atoms. The number of methoxy groups -OCH3 is 1. The molecule has 0 amide bonds. The van der Waals surface area contributed by atoms with Crippen molar-refractivity contribution in [2.45, 2.75) is 26.7 Å². The maximum atomic E-state index is 11.9. The van der Waals surface area contributed by atoms with Crippen LogP contribution < -0.4 is 0 Å². The van der Waals surface area contributed by atoms with Crippen molar-refractivity contribution in [2.75, 3.05) is 13.7 Å². The van der Waals surface area contributed by atoms with Gasteiger partial charge in [0.05, 0.1) is 19.3 Å². The lowest BCUT2D eigenvalue weighted by atomic mass is 10.2. The van der Waals surface area contributed by atoms with Crippen LogP contribution in [0.4, 0.5) is 5.00 Å². The maximum Gasteiger partial charge on any atom is 0.343 e. The molecule has 0 saturated heterocycles. The fourth-order valence-corrected chi connectivity index (χ4v) is 2.34. The van der Waals surface area contributed by atoms with Crippen molar-refractivity contribution in [1.82, 2.24) is 0 Å². The molecule has 0 bridgehead atoms. The number of thiophene rings is 1. The first kappa shape index (κ1) is 17.9. The van der Waals surface area contributed by atoms with Crippen LogP contribution in [0.15, 0.2) is 27.8 Å². The molecule has 22 heavy (non-hydrogen) atoms. The first-order valence-corrected chi connectivity index (χ1v) is 7.72. The van der Waals surface area contributed by atoms with Gasteiger partial charge in [0.25, 0.3) is 0 Å². The molecule has 0 aliphatic carbocycles. The van der Waals surface area contributed by atoms with Crippen LogP contribution in [0.1, 0.15) is 37.0 Å². The molecule has 1 aromatic heterocycles. The Kier molecular flexibility index (Phi) is 7.31. The smallest absolute Gasteiger partial charge is 0.343 e. The van der Waals surface area contributed by atoms with Gasteiger partial charge in [0.1, 0.15) is 16.3 Å². The van der Waals surface area contributed by atoms with Crippen LogP contribution in [0.2, 0.25) is 0 Å². The first-order valence-electron chi connectivity index (χ1n) is 6.84. The summed E-state index contributed by atoms with van der Waals surface area (Å²) in [5, 5.41) is 12.1. The third kappa shape index (κ3) is 4.70. The first-order chi connectivity index (χ1) is 10.5. The minimum atomic E-state index is -0.645. The lowest BCUT2D eigenvalue weighted by Crippen LogP contribution is -2.11. The zero-order valence-electron chi connectivity index (χ0n) is 12.8. The van der Waals surface area contributed by atoms with E-state index >= 15 is 0 Å². The number of carbonyl (C=O) groups is 2. The number of esters is 2. The second kappa shape index (κ2) is 8.99. The van der Waals surface area contributed by atoms with Crippen molar-refractivity contribution < 1.29 is 24.2 Å². The minimum Gasteiger partial charge on any atom is -0.511 e. The van der Waals surface area contributed by atoms with E-state index < -0.39 is 11.9 Å². The summed E-state index contributed by atoms with van der Waals surface area (Å²) >= 11 is 1.23. The van der Waals surface area contributed by atoms with Gasteiger partial charge < -0.3 is 14.6 Å². The van der Waals surface area contributed by atoms with Crippen LogP contribution in [-0.2, 0) is 14.3 Å². The van der Waals surface area contributed by atoms with Gasteiger partial charge in [-0.25, -0.2) is 14.6 Å². The largest absolute Gasteiger partial charge is 0.511 e. The Balaban J connectivity index is 3.09. The van der Waals surface area contributed by atoms with E-state index in [0.717, 1.165) is 0 Å². The SMILES string of the molecule is CCCC(O)=C(C=Nc1sccc1C(=O)OC)C(=O)OCC. The van der Waals surface area contributed by atoms with Crippen LogP contribution >= 0.6 is 11.3 Å². The van der Waals surface area contributed by atoms with Crippen LogP contribution in [0.5, 0.6) is 0 Å². The molecule has 0 fully saturated rings. The Labute approximate surface area is 133 Å². The highest BCUT2D eigenvalue weighted by Gasteiger charge is 2.16. The number of hydrogen-bond donors (Lipinski definition) is 1. The zero-order chi connectivity index (χ0) is 16.5. The molecule has 120 valence electrons. The van der Waals surface area contributed by atoms with Crippen molar-refractivity contribution in [3.05, 3.63) is 28.3 Å². The average molecular weight is 325 g/mol. The fraction of sp³-hybridized carbons (Fsp3) is 0.400. The lowest BCUT2D eigenvalue weighted by molar-refractivity contribution is -0.138. The van der Waals surface area contributed by atoms with E-state index in [1.807, 2.05) is 6.92 Å². The molecule has 1 N–H and O–H groups in total. The summed E-state index contributed by atoms with van der Waals surface area (Å²) in [6.07, 6.45) is 2.24. The molecule has 0 aliphatic heterocycles. The molecule has 0 saturated carbocycles. The summed E-state index contributed by atoms with van der Waals surface area (Å²) in [6.45, 7) is 3.75. The molecular formula is C15H19NO5S. The number of aliphatic hydroxyl groups is 1. The number of ether oxygens (including phenoxy) is 2. The number of aliphatic imine (C=N–C) groups is 1. The molecule has 6 nitrogen and oxygen atoms in total. The summed E-state index contributed by atoms with van der Waals surface area (Å²) in [4.78, 5) is 27.6. The number of hydrogen-bond acceptors (Lipinski definition) is 7. The third-order valence-electron chi connectivity index (χ3n) is 2.65. The van der Waals surface area contributed by atoms with E-state index in [-0.39, 0.29) is 17.9 Å². The number of nitrogens with zero attached hydrogens (tertiary/aromatic N) is 1. The lowest BCUT2D eigenvalue weighted by Gasteiger charge is -2.05. The Bertz CT molecular complexity index is 589. The van der Waals surface area contributed by atoms with Gasteiger partial charge in [-0.3, -0.25) is 0 Å². The van der Waals surface area contributed by atoms with E-state index in [1.54, 1.807) is 18.4 Å². The molecule has 7 heteroatoms. The van der Waals surface area contributed by atoms with Crippen LogP contribution in [0.3, 0.4) is 0 Å². The Morgan fingerprint density at radius 1 is 1.41 bits per heavy atom. The summed E-state index contributed by atoms with van der Waals surface area (Å²) in [6, 6.07) is 1.59. The van der Waals surface area contributed by atoms with E-state index in [4.69, 9.17) is 4.74 Å². The average Bonchev–Trinajstić information content (AvgIpc) is 2.95. The van der Waals surface area contributed by atoms with Crippen LogP contribution in [0.25, 0.3) is 0 Å². The van der Waals surface area contributed by atoms with E-state index in [2.05, 4.69) is 9.73 Å². The Hall–Kier alpha value is -2.15. The maximum absolute atomic E-state index is 11.9. The molecule has 0 unspecified atom stereocenters. The summed E-state index contributed by atoms with van der Waals surface area (Å²) < 4.78 is 9.56. The second-order valence-corrected chi connectivity index (χ2v) is 5.11. The molecular weight excluding hydrogens is 306 g/mol. The fourth-order valence-electron chi connectivity index (χ4n) is 1.62. The molecule has 0 aromatic carbocycles. The van der Waals surface area contributed by atoms with Crippen molar-refractivity contribution in [1.29, 1.82) is 0 Å². The highest BCUT2D eigenvalue weighted by molar-refractivity contribution is 7.14. The number of carbonyl (C=O) groups excluding carboxylic acids is 2. The van der Waals surface area contributed by atoms with E-state index in [1.165, 1.54) is 24.7 Å². The Morgan fingerprint density at radius 2 is 2.14 bits per heavy atom. The van der Waals surface area contributed by atoms with Crippen LogP contribution in [0, 0.1) is 0 Å². The molecule has 1 rings (SSSR count). The van der Waals surface area contributed by atoms with Gasteiger partial charge in [0, 0.05) is 12.6 Å². The quantitative estimate of drug-likeness (QED) is 0.359. The van der Waals surface area contributed by atoms with Gasteiger partial charge in [0.15, 0.2) is 0 Å². The highest BCUT2D eigenvalue weighted by Crippen LogP contribution is 2.27. The standard InChI is InChI=1S/C15H19NO5S/c1-4-6-12(17)11(15(19)21-5-2)9-16-13-10(7-8-22-13)14(18)20-3/h7-9,17H,4-6H2,1-3H3. The second-order valence-electron chi connectivity index (χ2n) is 4.22. The minimum absolute atomic E-state index is 0.00656. The predicted octanol–water partition coefficient (Wildman–Crippen LogP) is 3.41. The molecule has 1 aromatic rings.